The molecule has 1 amide bonds. The summed E-state index contributed by atoms with van der Waals surface area (Å²) < 4.78 is 51.7. The molecule has 0 spiro atoms. The Hall–Kier alpha value is -3.05. The smallest absolute Gasteiger partial charge is 0.275 e. The van der Waals surface area contributed by atoms with Crippen molar-refractivity contribution in [1.29, 1.82) is 10.8 Å². The van der Waals surface area contributed by atoms with E-state index in [1.165, 1.54) is 18.4 Å². The lowest BCUT2D eigenvalue weighted by atomic mass is 9.68. The second-order valence-electron chi connectivity index (χ2n) is 9.85. The molecule has 2 bridgehead atoms. The molecule has 3 atom stereocenters. The predicted molar refractivity (Wildman–Crippen MR) is 136 cm³/mol. The van der Waals surface area contributed by atoms with E-state index in [1.54, 1.807) is 11.8 Å². The molecule has 0 saturated heterocycles. The SMILES string of the molecule is CCN(C[C@@]12CC[C@@H](/C(=C/C(=N)c3c(F)cccc3F)C1=N)C2(C)C)C(=O)c1coc(C)n1.CS(=O)[O-]. The summed E-state index contributed by atoms with van der Waals surface area (Å²) in [5, 5.41) is 17.4. The number of halogens is 2. The number of nitrogens with zero attached hydrogens (tertiary/aromatic N) is 2. The van der Waals surface area contributed by atoms with Gasteiger partial charge in [-0.15, -0.1) is 0 Å². The van der Waals surface area contributed by atoms with Crippen LogP contribution in [0.1, 0.15) is 55.6 Å². The van der Waals surface area contributed by atoms with Gasteiger partial charge in [-0.3, -0.25) is 9.00 Å². The molecular formula is C26H31F2N4O4S-. The first-order valence-corrected chi connectivity index (χ1v) is 13.3. The number of aryl methyl sites for hydroxylation is 1. The van der Waals surface area contributed by atoms with Crippen LogP contribution < -0.4 is 0 Å². The largest absolute Gasteiger partial charge is 0.773 e. The maximum absolute atomic E-state index is 14.2. The number of fused-ring (bicyclic) bond motifs is 2. The summed E-state index contributed by atoms with van der Waals surface area (Å²) in [6.07, 6.45) is 5.37. The summed E-state index contributed by atoms with van der Waals surface area (Å²) >= 11 is -1.86. The van der Waals surface area contributed by atoms with Gasteiger partial charge >= 0.3 is 0 Å². The highest BCUT2D eigenvalue weighted by Gasteiger charge is 2.65. The molecule has 37 heavy (non-hydrogen) atoms. The summed E-state index contributed by atoms with van der Waals surface area (Å²) in [5.41, 5.74) is -0.466. The van der Waals surface area contributed by atoms with Gasteiger partial charge in [-0.05, 0) is 61.1 Å². The Morgan fingerprint density at radius 3 is 2.46 bits per heavy atom. The molecular weight excluding hydrogens is 502 g/mol. The van der Waals surface area contributed by atoms with Crippen molar-refractivity contribution < 1.29 is 26.8 Å². The van der Waals surface area contributed by atoms with Gasteiger partial charge in [-0.25, -0.2) is 13.8 Å². The number of benzene rings is 1. The first-order valence-electron chi connectivity index (χ1n) is 11.8. The van der Waals surface area contributed by atoms with E-state index in [4.69, 9.17) is 24.0 Å². The number of nitrogens with one attached hydrogen (secondary N) is 2. The van der Waals surface area contributed by atoms with Crippen LogP contribution in [0.2, 0.25) is 0 Å². The van der Waals surface area contributed by atoms with Crippen LogP contribution in [-0.2, 0) is 11.1 Å². The average molecular weight is 534 g/mol. The van der Waals surface area contributed by atoms with Crippen molar-refractivity contribution in [3.8, 4) is 0 Å². The number of oxazole rings is 1. The normalized spacial score (nSPS) is 23.5. The summed E-state index contributed by atoms with van der Waals surface area (Å²) in [6, 6.07) is 3.51. The summed E-state index contributed by atoms with van der Waals surface area (Å²) in [6.45, 7) is 8.48. The van der Waals surface area contributed by atoms with Crippen LogP contribution in [0.3, 0.4) is 0 Å². The summed E-state index contributed by atoms with van der Waals surface area (Å²) in [7, 11) is 0. The van der Waals surface area contributed by atoms with Crippen LogP contribution in [0.25, 0.3) is 0 Å². The first kappa shape index (κ1) is 28.5. The number of rotatable bonds is 6. The molecule has 0 aliphatic heterocycles. The Morgan fingerprint density at radius 2 is 1.95 bits per heavy atom. The summed E-state index contributed by atoms with van der Waals surface area (Å²) in [5.74, 6) is -1.48. The molecule has 2 N–H and O–H groups in total. The van der Waals surface area contributed by atoms with Crippen LogP contribution in [0.15, 0.2) is 40.5 Å². The summed E-state index contributed by atoms with van der Waals surface area (Å²) in [4.78, 5) is 18.9. The first-order chi connectivity index (χ1) is 17.3. The van der Waals surface area contributed by atoms with Crippen molar-refractivity contribution in [3.05, 3.63) is 64.9 Å². The van der Waals surface area contributed by atoms with Gasteiger partial charge < -0.3 is 24.7 Å². The molecule has 1 unspecified atom stereocenters. The van der Waals surface area contributed by atoms with E-state index in [1.807, 2.05) is 6.92 Å². The average Bonchev–Trinajstić information content (AvgIpc) is 3.39. The highest BCUT2D eigenvalue weighted by molar-refractivity contribution is 7.78. The van der Waals surface area contributed by atoms with Gasteiger partial charge in [0.15, 0.2) is 11.6 Å². The monoisotopic (exact) mass is 533 g/mol. The van der Waals surface area contributed by atoms with Gasteiger partial charge in [0.2, 0.25) is 0 Å². The van der Waals surface area contributed by atoms with Gasteiger partial charge in [0, 0.05) is 31.1 Å². The van der Waals surface area contributed by atoms with Crippen LogP contribution >= 0.6 is 0 Å². The highest BCUT2D eigenvalue weighted by atomic mass is 32.2. The Labute approximate surface area is 217 Å². The van der Waals surface area contributed by atoms with E-state index in [9.17, 15) is 13.6 Å². The molecule has 1 aromatic carbocycles. The van der Waals surface area contributed by atoms with Gasteiger partial charge in [-0.1, -0.05) is 31.0 Å². The van der Waals surface area contributed by atoms with Crippen molar-refractivity contribution in [2.45, 2.75) is 40.5 Å². The lowest BCUT2D eigenvalue weighted by Crippen LogP contribution is -2.48. The third-order valence-corrected chi connectivity index (χ3v) is 7.61. The highest BCUT2D eigenvalue weighted by Crippen LogP contribution is 2.66. The molecule has 2 aromatic rings. The van der Waals surface area contributed by atoms with Crippen LogP contribution in [0, 0.1) is 46.1 Å². The zero-order valence-corrected chi connectivity index (χ0v) is 22.3. The zero-order valence-electron chi connectivity index (χ0n) is 21.5. The lowest BCUT2D eigenvalue weighted by molar-refractivity contribution is 0.0623. The third-order valence-electron chi connectivity index (χ3n) is 7.61. The van der Waals surface area contributed by atoms with E-state index in [2.05, 4.69) is 18.8 Å². The number of allylic oxidation sites excluding steroid dienone is 2. The number of amides is 1. The molecule has 2 saturated carbocycles. The molecule has 1 heterocycles. The fourth-order valence-corrected chi connectivity index (χ4v) is 5.64. The maximum atomic E-state index is 14.2. The Kier molecular flexibility index (Phi) is 8.28. The van der Waals surface area contributed by atoms with E-state index in [0.29, 0.717) is 30.3 Å². The quantitative estimate of drug-likeness (QED) is 0.411. The van der Waals surface area contributed by atoms with Gasteiger partial charge in [0.1, 0.15) is 17.9 Å². The minimum Gasteiger partial charge on any atom is -0.773 e. The lowest BCUT2D eigenvalue weighted by Gasteiger charge is -2.41. The van der Waals surface area contributed by atoms with E-state index in [-0.39, 0.29) is 34.2 Å². The number of aromatic nitrogens is 1. The van der Waals surface area contributed by atoms with Crippen molar-refractivity contribution in [3.63, 3.8) is 0 Å². The molecule has 0 radical (unpaired) electrons. The van der Waals surface area contributed by atoms with Crippen molar-refractivity contribution in [1.82, 2.24) is 9.88 Å². The Bertz CT molecular complexity index is 1260. The third kappa shape index (κ3) is 5.19. The molecule has 1 aromatic heterocycles. The number of hydrogen-bond acceptors (Lipinski definition) is 7. The Morgan fingerprint density at radius 1 is 1.35 bits per heavy atom. The van der Waals surface area contributed by atoms with Crippen molar-refractivity contribution in [2.24, 2.45) is 16.7 Å². The molecule has 2 aliphatic rings. The maximum Gasteiger partial charge on any atom is 0.275 e. The van der Waals surface area contributed by atoms with E-state index in [0.717, 1.165) is 31.2 Å². The van der Waals surface area contributed by atoms with E-state index < -0.39 is 28.1 Å². The molecule has 11 heteroatoms. The topological polar surface area (TPSA) is 134 Å². The molecule has 2 aliphatic carbocycles. The fraction of sp³-hybridized carbons (Fsp3) is 0.462. The van der Waals surface area contributed by atoms with Crippen LogP contribution in [-0.4, -0.2) is 55.3 Å². The van der Waals surface area contributed by atoms with Crippen LogP contribution in [0.4, 0.5) is 8.78 Å². The second kappa shape index (κ2) is 10.7. The standard InChI is InChI=1S/C25H28F2N4O2.CH4O2S/c1-5-31(23(32)20-12-33-14(2)30-20)13-25-10-9-16(24(25,3)4)15(22(25)29)11-19(28)21-17(26)7-6-8-18(21)27;1-4(2)3/h6-8,11-12,16,28-29H,5,9-10,13H2,1-4H3;1H3,(H,2,3)/p-1/b15-11-,28-19?,29-22?;/t16-,25-;/m0./s1. The molecule has 8 nitrogen and oxygen atoms in total. The minimum atomic E-state index is -1.86. The van der Waals surface area contributed by atoms with Gasteiger partial charge in [-0.2, -0.15) is 0 Å². The van der Waals surface area contributed by atoms with Gasteiger partial charge in [0.05, 0.1) is 11.3 Å². The predicted octanol–water partition coefficient (Wildman–Crippen LogP) is 4.67. The number of carbonyl (C=O) groups is 1. The van der Waals surface area contributed by atoms with E-state index >= 15 is 0 Å². The molecule has 2 fully saturated rings. The Balaban J connectivity index is 0.000000886. The van der Waals surface area contributed by atoms with Crippen molar-refractivity contribution >= 4 is 28.4 Å². The second-order valence-corrected chi connectivity index (χ2v) is 10.7. The van der Waals surface area contributed by atoms with Crippen molar-refractivity contribution in [2.75, 3.05) is 19.3 Å². The minimum absolute atomic E-state index is 0.0386. The molecule has 4 rings (SSSR count). The number of carbonyl (C=O) groups excluding carboxylic acids is 1. The number of hydrogen-bond donors (Lipinski definition) is 2. The molecule has 200 valence electrons. The van der Waals surface area contributed by atoms with Gasteiger partial charge in [0.25, 0.3) is 5.91 Å². The van der Waals surface area contributed by atoms with Crippen LogP contribution in [0.5, 0.6) is 0 Å². The fourth-order valence-electron chi connectivity index (χ4n) is 5.64. The zero-order chi connectivity index (χ0) is 27.7.